The Morgan fingerprint density at radius 1 is 1.00 bits per heavy atom. The summed E-state index contributed by atoms with van der Waals surface area (Å²) in [5.41, 5.74) is 4.16. The van der Waals surface area contributed by atoms with Crippen molar-refractivity contribution in [2.45, 2.75) is 46.3 Å². The van der Waals surface area contributed by atoms with Crippen LogP contribution in [0, 0.1) is 5.92 Å². The molecule has 9 heteroatoms. The number of para-hydroxylation sites is 1. The van der Waals surface area contributed by atoms with E-state index in [0.717, 1.165) is 33.5 Å². The van der Waals surface area contributed by atoms with Crippen LogP contribution in [0.3, 0.4) is 0 Å². The molecule has 3 heterocycles. The Hall–Kier alpha value is -3.98. The van der Waals surface area contributed by atoms with Crippen molar-refractivity contribution in [3.63, 3.8) is 0 Å². The maximum atomic E-state index is 12.3. The zero-order chi connectivity index (χ0) is 26.4. The fourth-order valence-electron chi connectivity index (χ4n) is 4.06. The number of aromatic nitrogens is 5. The SMILES string of the molecule is CNC(=O)c1ccnc2c(C(C)[C@H](C)CNc3cc(-c4cnc(COC(C)C)nc4)ncn3)cccc12. The molecule has 4 aromatic rings. The van der Waals surface area contributed by atoms with E-state index in [1.165, 1.54) is 6.33 Å². The van der Waals surface area contributed by atoms with Crippen molar-refractivity contribution in [1.82, 2.24) is 30.2 Å². The van der Waals surface area contributed by atoms with Crippen LogP contribution in [0.15, 0.2) is 55.2 Å². The van der Waals surface area contributed by atoms with E-state index in [0.29, 0.717) is 24.5 Å². The lowest BCUT2D eigenvalue weighted by Crippen LogP contribution is -2.19. The van der Waals surface area contributed by atoms with Crippen LogP contribution in [-0.2, 0) is 11.3 Å². The Morgan fingerprint density at radius 3 is 2.51 bits per heavy atom. The summed E-state index contributed by atoms with van der Waals surface area (Å²) >= 11 is 0. The first-order chi connectivity index (χ1) is 17.9. The average molecular weight is 500 g/mol. The number of hydrogen-bond donors (Lipinski definition) is 2. The van der Waals surface area contributed by atoms with Crippen molar-refractivity contribution in [2.24, 2.45) is 5.92 Å². The number of pyridine rings is 1. The first kappa shape index (κ1) is 26.1. The van der Waals surface area contributed by atoms with Crippen molar-refractivity contribution in [1.29, 1.82) is 0 Å². The lowest BCUT2D eigenvalue weighted by Gasteiger charge is -2.22. The quantitative estimate of drug-likeness (QED) is 0.325. The Kier molecular flexibility index (Phi) is 8.35. The molecule has 37 heavy (non-hydrogen) atoms. The van der Waals surface area contributed by atoms with Gasteiger partial charge in [0.15, 0.2) is 5.82 Å². The van der Waals surface area contributed by atoms with Gasteiger partial charge in [0.25, 0.3) is 5.91 Å². The third kappa shape index (κ3) is 6.24. The highest BCUT2D eigenvalue weighted by Gasteiger charge is 2.19. The minimum atomic E-state index is -0.115. The van der Waals surface area contributed by atoms with Crippen LogP contribution in [0.5, 0.6) is 0 Å². The Balaban J connectivity index is 1.45. The number of benzene rings is 1. The lowest BCUT2D eigenvalue weighted by atomic mass is 9.87. The molecule has 0 aliphatic rings. The second kappa shape index (κ2) is 11.8. The molecule has 0 saturated carbocycles. The predicted molar refractivity (Wildman–Crippen MR) is 144 cm³/mol. The molecule has 1 aromatic carbocycles. The smallest absolute Gasteiger partial charge is 0.251 e. The summed E-state index contributed by atoms with van der Waals surface area (Å²) in [5, 5.41) is 7.01. The second-order valence-electron chi connectivity index (χ2n) is 9.36. The fraction of sp³-hybridized carbons (Fsp3) is 0.357. The molecule has 0 spiro atoms. The van der Waals surface area contributed by atoms with Crippen LogP contribution in [0.1, 0.15) is 55.4 Å². The van der Waals surface area contributed by atoms with E-state index in [-0.39, 0.29) is 23.8 Å². The van der Waals surface area contributed by atoms with Crippen LogP contribution >= 0.6 is 0 Å². The molecule has 1 amide bonds. The third-order valence-corrected chi connectivity index (χ3v) is 6.44. The van der Waals surface area contributed by atoms with E-state index in [4.69, 9.17) is 4.74 Å². The number of nitrogens with zero attached hydrogens (tertiary/aromatic N) is 5. The molecule has 0 bridgehead atoms. The van der Waals surface area contributed by atoms with Gasteiger partial charge in [0.05, 0.1) is 22.9 Å². The zero-order valence-corrected chi connectivity index (χ0v) is 21.9. The van der Waals surface area contributed by atoms with Crippen molar-refractivity contribution in [3.8, 4) is 11.3 Å². The van der Waals surface area contributed by atoms with E-state index >= 15 is 0 Å². The van der Waals surface area contributed by atoms with Crippen LogP contribution in [-0.4, -0.2) is 50.5 Å². The minimum absolute atomic E-state index is 0.115. The predicted octanol–water partition coefficient (Wildman–Crippen LogP) is 4.62. The van der Waals surface area contributed by atoms with Gasteiger partial charge in [-0.2, -0.15) is 0 Å². The highest BCUT2D eigenvalue weighted by molar-refractivity contribution is 6.06. The molecule has 0 saturated heterocycles. The first-order valence-corrected chi connectivity index (χ1v) is 12.5. The highest BCUT2D eigenvalue weighted by Crippen LogP contribution is 2.31. The van der Waals surface area contributed by atoms with Crippen LogP contribution in [0.4, 0.5) is 5.82 Å². The highest BCUT2D eigenvalue weighted by atomic mass is 16.5. The van der Waals surface area contributed by atoms with Crippen molar-refractivity contribution in [2.75, 3.05) is 18.9 Å². The van der Waals surface area contributed by atoms with Gasteiger partial charge in [0.2, 0.25) is 0 Å². The van der Waals surface area contributed by atoms with Gasteiger partial charge in [-0.15, -0.1) is 0 Å². The minimum Gasteiger partial charge on any atom is -0.371 e. The maximum Gasteiger partial charge on any atom is 0.251 e. The number of carbonyl (C=O) groups is 1. The number of fused-ring (bicyclic) bond motifs is 1. The van der Waals surface area contributed by atoms with Gasteiger partial charge in [-0.3, -0.25) is 9.78 Å². The molecule has 2 atom stereocenters. The van der Waals surface area contributed by atoms with E-state index in [1.807, 2.05) is 32.0 Å². The summed E-state index contributed by atoms with van der Waals surface area (Å²) in [4.78, 5) is 34.5. The molecule has 192 valence electrons. The molecular formula is C28H33N7O2. The number of amides is 1. The number of ether oxygens (including phenoxy) is 1. The van der Waals surface area contributed by atoms with E-state index in [9.17, 15) is 4.79 Å². The molecule has 3 aromatic heterocycles. The van der Waals surface area contributed by atoms with Gasteiger partial charge in [0.1, 0.15) is 18.8 Å². The number of carbonyl (C=O) groups excluding carboxylic acids is 1. The van der Waals surface area contributed by atoms with Crippen LogP contribution < -0.4 is 10.6 Å². The standard InChI is InChI=1S/C28H33N7O2/c1-17(2)37-15-26-32-13-20(14-33-26)24-11-25(35-16-34-24)31-12-18(3)19(4)21-7-6-8-22-23(28(36)29-5)9-10-30-27(21)22/h6-11,13-14,16-19H,12,15H2,1-5H3,(H,29,36)(H,31,34,35)/t18-,19?/m1/s1. The largest absolute Gasteiger partial charge is 0.371 e. The monoisotopic (exact) mass is 499 g/mol. The summed E-state index contributed by atoms with van der Waals surface area (Å²) in [6.07, 6.45) is 6.87. The molecule has 0 radical (unpaired) electrons. The van der Waals surface area contributed by atoms with Crippen LogP contribution in [0.2, 0.25) is 0 Å². The van der Waals surface area contributed by atoms with Gasteiger partial charge in [-0.25, -0.2) is 19.9 Å². The Bertz CT molecular complexity index is 1360. The normalized spacial score (nSPS) is 12.9. The molecule has 0 fully saturated rings. The molecule has 0 aliphatic heterocycles. The van der Waals surface area contributed by atoms with Gasteiger partial charge in [-0.1, -0.05) is 32.0 Å². The Morgan fingerprint density at radius 2 is 1.78 bits per heavy atom. The maximum absolute atomic E-state index is 12.3. The fourth-order valence-corrected chi connectivity index (χ4v) is 4.06. The van der Waals surface area contributed by atoms with Gasteiger partial charge >= 0.3 is 0 Å². The van der Waals surface area contributed by atoms with E-state index in [2.05, 4.69) is 55.5 Å². The van der Waals surface area contributed by atoms with Crippen molar-refractivity contribution < 1.29 is 9.53 Å². The lowest BCUT2D eigenvalue weighted by molar-refractivity contribution is 0.0613. The van der Waals surface area contributed by atoms with Gasteiger partial charge in [-0.05, 0) is 37.3 Å². The topological polar surface area (TPSA) is 115 Å². The summed E-state index contributed by atoms with van der Waals surface area (Å²) in [5.74, 6) is 1.71. The zero-order valence-electron chi connectivity index (χ0n) is 21.9. The van der Waals surface area contributed by atoms with Crippen LogP contribution in [0.25, 0.3) is 22.2 Å². The van der Waals surface area contributed by atoms with Gasteiger partial charge in [0, 0.05) is 49.2 Å². The van der Waals surface area contributed by atoms with E-state index in [1.54, 1.807) is 31.7 Å². The van der Waals surface area contributed by atoms with Crippen molar-refractivity contribution >= 4 is 22.6 Å². The Labute approximate surface area is 217 Å². The molecule has 4 rings (SSSR count). The number of rotatable bonds is 10. The number of anilines is 1. The number of hydrogen-bond acceptors (Lipinski definition) is 8. The van der Waals surface area contributed by atoms with E-state index < -0.39 is 0 Å². The summed E-state index contributed by atoms with van der Waals surface area (Å²) in [7, 11) is 1.64. The molecule has 2 N–H and O–H groups in total. The second-order valence-corrected chi connectivity index (χ2v) is 9.36. The average Bonchev–Trinajstić information content (AvgIpc) is 2.93. The summed E-state index contributed by atoms with van der Waals surface area (Å²) in [6, 6.07) is 9.67. The summed E-state index contributed by atoms with van der Waals surface area (Å²) in [6.45, 7) is 9.41. The summed E-state index contributed by atoms with van der Waals surface area (Å²) < 4.78 is 5.56. The third-order valence-electron chi connectivity index (χ3n) is 6.44. The molecule has 0 aliphatic carbocycles. The van der Waals surface area contributed by atoms with Crippen molar-refractivity contribution in [3.05, 3.63) is 72.2 Å². The molecule has 1 unspecified atom stereocenters. The molecular weight excluding hydrogens is 466 g/mol. The molecule has 9 nitrogen and oxygen atoms in total. The first-order valence-electron chi connectivity index (χ1n) is 12.5. The number of nitrogens with one attached hydrogen (secondary N) is 2. The van der Waals surface area contributed by atoms with Gasteiger partial charge < -0.3 is 15.4 Å².